The number of primary amides is 1. The Labute approximate surface area is 144 Å². The van der Waals surface area contributed by atoms with Crippen molar-refractivity contribution in [3.05, 3.63) is 48.0 Å². The van der Waals surface area contributed by atoms with E-state index in [2.05, 4.69) is 15.3 Å². The first kappa shape index (κ1) is 17.0. The lowest BCUT2D eigenvalue weighted by molar-refractivity contribution is -0.123. The maximum atomic E-state index is 12.2. The molecule has 1 fully saturated rings. The second-order valence-corrected chi connectivity index (χ2v) is 5.84. The van der Waals surface area contributed by atoms with Crippen molar-refractivity contribution in [1.82, 2.24) is 15.3 Å². The third-order valence-electron chi connectivity index (χ3n) is 3.98. The topological polar surface area (TPSA) is 119 Å². The summed E-state index contributed by atoms with van der Waals surface area (Å²) in [6, 6.07) is 6.41. The van der Waals surface area contributed by atoms with Gasteiger partial charge in [0.25, 0.3) is 0 Å². The number of hydrogen-bond donors (Lipinski definition) is 3. The Hall–Kier alpha value is -2.87. The van der Waals surface area contributed by atoms with Gasteiger partial charge in [-0.1, -0.05) is 0 Å². The van der Waals surface area contributed by atoms with Crippen molar-refractivity contribution in [1.29, 1.82) is 0 Å². The van der Waals surface area contributed by atoms with E-state index in [1.54, 1.807) is 36.8 Å². The second-order valence-electron chi connectivity index (χ2n) is 5.84. The summed E-state index contributed by atoms with van der Waals surface area (Å²) in [5.41, 5.74) is 6.39. The number of aromatic nitrogens is 2. The number of ether oxygens (including phenoxy) is 2. The molecule has 0 bridgehead atoms. The first-order valence-corrected chi connectivity index (χ1v) is 8.02. The van der Waals surface area contributed by atoms with E-state index in [0.29, 0.717) is 30.9 Å². The smallest absolute Gasteiger partial charge is 0.248 e. The Morgan fingerprint density at radius 1 is 1.36 bits per heavy atom. The number of carbonyl (C=O) groups is 2. The molecule has 2 heterocycles. The van der Waals surface area contributed by atoms with Crippen LogP contribution in [-0.2, 0) is 16.0 Å². The highest BCUT2D eigenvalue weighted by Crippen LogP contribution is 2.18. The van der Waals surface area contributed by atoms with Crippen molar-refractivity contribution in [3.63, 3.8) is 0 Å². The van der Waals surface area contributed by atoms with E-state index in [9.17, 15) is 9.59 Å². The first-order valence-electron chi connectivity index (χ1n) is 8.02. The molecule has 1 aliphatic heterocycles. The van der Waals surface area contributed by atoms with E-state index in [4.69, 9.17) is 15.2 Å². The van der Waals surface area contributed by atoms with Crippen LogP contribution >= 0.6 is 0 Å². The molecule has 4 N–H and O–H groups in total. The zero-order valence-electron chi connectivity index (χ0n) is 13.6. The maximum absolute atomic E-state index is 12.2. The monoisotopic (exact) mass is 344 g/mol. The Bertz CT molecular complexity index is 715. The summed E-state index contributed by atoms with van der Waals surface area (Å²) in [7, 11) is 0. The predicted octanol–water partition coefficient (Wildman–Crippen LogP) is 0.404. The van der Waals surface area contributed by atoms with Gasteiger partial charge in [-0.05, 0) is 30.7 Å². The van der Waals surface area contributed by atoms with E-state index >= 15 is 0 Å². The lowest BCUT2D eigenvalue weighted by atomic mass is 10.1. The van der Waals surface area contributed by atoms with Crippen LogP contribution in [0.3, 0.4) is 0 Å². The molecule has 0 aliphatic carbocycles. The molecule has 8 nitrogen and oxygen atoms in total. The molecule has 0 unspecified atom stereocenters. The third-order valence-corrected chi connectivity index (χ3v) is 3.98. The minimum atomic E-state index is -0.489. The number of nitrogens with one attached hydrogen (secondary N) is 2. The highest BCUT2D eigenvalue weighted by molar-refractivity contribution is 5.92. The van der Waals surface area contributed by atoms with Gasteiger partial charge in [0.05, 0.1) is 25.4 Å². The van der Waals surface area contributed by atoms with Gasteiger partial charge in [0.2, 0.25) is 11.8 Å². The van der Waals surface area contributed by atoms with Crippen LogP contribution in [0.15, 0.2) is 36.8 Å². The quantitative estimate of drug-likeness (QED) is 0.701. The molecular formula is C17H20N4O4. The number of nitrogens with two attached hydrogens (primary N) is 1. The van der Waals surface area contributed by atoms with Gasteiger partial charge in [0.15, 0.2) is 0 Å². The summed E-state index contributed by atoms with van der Waals surface area (Å²) in [4.78, 5) is 30.1. The number of amides is 2. The lowest BCUT2D eigenvalue weighted by Crippen LogP contribution is -2.51. The molecule has 2 aromatic rings. The first-order chi connectivity index (χ1) is 12.1. The van der Waals surface area contributed by atoms with Crippen LogP contribution in [0.5, 0.6) is 5.75 Å². The van der Waals surface area contributed by atoms with Crippen LogP contribution < -0.4 is 15.8 Å². The highest BCUT2D eigenvalue weighted by atomic mass is 16.5. The van der Waals surface area contributed by atoms with Crippen LogP contribution in [0, 0.1) is 0 Å². The normalized spacial score (nSPS) is 20.0. The molecule has 0 radical (unpaired) electrons. The number of carbonyl (C=O) groups excluding carboxylic acids is 2. The Kier molecular flexibility index (Phi) is 5.30. The van der Waals surface area contributed by atoms with E-state index < -0.39 is 5.91 Å². The van der Waals surface area contributed by atoms with Gasteiger partial charge >= 0.3 is 0 Å². The maximum Gasteiger partial charge on any atom is 0.248 e. The number of rotatable bonds is 6. The number of hydrogen-bond acceptors (Lipinski definition) is 5. The summed E-state index contributed by atoms with van der Waals surface area (Å²) in [5.74, 6) is -0.00126. The minimum absolute atomic E-state index is 0.103. The summed E-state index contributed by atoms with van der Waals surface area (Å²) < 4.78 is 11.4. The summed E-state index contributed by atoms with van der Waals surface area (Å²) >= 11 is 0. The molecule has 1 aromatic heterocycles. The van der Waals surface area contributed by atoms with Crippen LogP contribution in [0.25, 0.3) is 0 Å². The van der Waals surface area contributed by atoms with E-state index in [1.165, 1.54) is 0 Å². The molecular weight excluding hydrogens is 324 g/mol. The molecule has 2 atom stereocenters. The van der Waals surface area contributed by atoms with Crippen molar-refractivity contribution in [2.75, 3.05) is 13.2 Å². The zero-order chi connectivity index (χ0) is 17.6. The molecule has 8 heteroatoms. The van der Waals surface area contributed by atoms with Gasteiger partial charge < -0.3 is 25.5 Å². The number of nitrogens with zero attached hydrogens (tertiary/aromatic N) is 1. The minimum Gasteiger partial charge on any atom is -0.486 e. The molecule has 1 saturated heterocycles. The number of imidazole rings is 1. The van der Waals surface area contributed by atoms with Crippen molar-refractivity contribution in [2.24, 2.45) is 5.73 Å². The average molecular weight is 344 g/mol. The predicted molar refractivity (Wildman–Crippen MR) is 89.0 cm³/mol. The second kappa shape index (κ2) is 7.80. The van der Waals surface area contributed by atoms with E-state index in [-0.39, 0.29) is 24.5 Å². The van der Waals surface area contributed by atoms with Gasteiger partial charge in [-0.2, -0.15) is 0 Å². The molecule has 1 aliphatic rings. The lowest BCUT2D eigenvalue weighted by Gasteiger charge is -2.32. The fourth-order valence-electron chi connectivity index (χ4n) is 2.68. The van der Waals surface area contributed by atoms with Gasteiger partial charge in [-0.15, -0.1) is 0 Å². The number of benzene rings is 1. The van der Waals surface area contributed by atoms with E-state index in [0.717, 1.165) is 5.69 Å². The molecule has 0 spiro atoms. The summed E-state index contributed by atoms with van der Waals surface area (Å²) in [6.45, 7) is 0.946. The molecule has 2 amide bonds. The highest BCUT2D eigenvalue weighted by Gasteiger charge is 2.29. The standard InChI is InChI=1S/C17H20N4O4/c18-17(23)11-1-3-13(4-2-11)25-15-9-24-6-5-14(15)21-16(22)7-12-8-19-10-20-12/h1-4,8,10,14-15H,5-7,9H2,(H2,18,23)(H,19,20)(H,21,22)/t14-,15-/m1/s1. The zero-order valence-corrected chi connectivity index (χ0v) is 13.6. The van der Waals surface area contributed by atoms with Crippen molar-refractivity contribution in [3.8, 4) is 5.75 Å². The van der Waals surface area contributed by atoms with Crippen molar-refractivity contribution < 1.29 is 19.1 Å². The molecule has 132 valence electrons. The van der Waals surface area contributed by atoms with Gasteiger partial charge in [0.1, 0.15) is 11.9 Å². The average Bonchev–Trinajstić information content (AvgIpc) is 3.10. The molecule has 25 heavy (non-hydrogen) atoms. The van der Waals surface area contributed by atoms with Crippen LogP contribution in [0.2, 0.25) is 0 Å². The van der Waals surface area contributed by atoms with Gasteiger partial charge in [0, 0.05) is 24.1 Å². The van der Waals surface area contributed by atoms with Crippen LogP contribution in [0.4, 0.5) is 0 Å². The summed E-state index contributed by atoms with van der Waals surface area (Å²) in [6.07, 6.45) is 3.76. The van der Waals surface area contributed by atoms with E-state index in [1.807, 2.05) is 0 Å². The fraction of sp³-hybridized carbons (Fsp3) is 0.353. The van der Waals surface area contributed by atoms with Gasteiger partial charge in [-0.25, -0.2) is 4.98 Å². The fourth-order valence-corrected chi connectivity index (χ4v) is 2.68. The molecule has 3 rings (SSSR count). The van der Waals surface area contributed by atoms with Crippen LogP contribution in [0.1, 0.15) is 22.5 Å². The third kappa shape index (κ3) is 4.57. The van der Waals surface area contributed by atoms with Crippen molar-refractivity contribution in [2.45, 2.75) is 25.0 Å². The largest absolute Gasteiger partial charge is 0.486 e. The summed E-state index contributed by atoms with van der Waals surface area (Å²) in [5, 5.41) is 2.99. The Morgan fingerprint density at radius 2 is 2.16 bits per heavy atom. The molecule has 1 aromatic carbocycles. The Morgan fingerprint density at radius 3 is 2.84 bits per heavy atom. The van der Waals surface area contributed by atoms with Gasteiger partial charge in [-0.3, -0.25) is 9.59 Å². The van der Waals surface area contributed by atoms with Crippen LogP contribution in [-0.4, -0.2) is 47.1 Å². The molecule has 0 saturated carbocycles. The number of aromatic amines is 1. The van der Waals surface area contributed by atoms with Crippen molar-refractivity contribution >= 4 is 11.8 Å². The number of H-pyrrole nitrogens is 1. The Balaban J connectivity index is 1.60. The SMILES string of the molecule is NC(=O)c1ccc(O[C@@H]2COCC[C@H]2NC(=O)Cc2cnc[nH]2)cc1.